The van der Waals surface area contributed by atoms with Gasteiger partial charge in [-0.1, -0.05) is 43.7 Å². The number of carbonyl (C=O) groups is 1. The molecule has 0 radical (unpaired) electrons. The topological polar surface area (TPSA) is 75.4 Å². The molecule has 5 aromatic rings. The number of thiazole rings is 1. The van der Waals surface area contributed by atoms with Crippen LogP contribution in [-0.2, 0) is 6.42 Å². The summed E-state index contributed by atoms with van der Waals surface area (Å²) in [7, 11) is 0. The number of rotatable bonds is 7. The van der Waals surface area contributed by atoms with E-state index in [1.807, 2.05) is 68.4 Å². The molecule has 0 unspecified atom stereocenters. The fraction of sp³-hybridized carbons (Fsp3) is 0.324. The number of anilines is 1. The number of nitrogens with zero attached hydrogens (tertiary/aromatic N) is 2. The summed E-state index contributed by atoms with van der Waals surface area (Å²) in [5, 5.41) is 4.64. The summed E-state index contributed by atoms with van der Waals surface area (Å²) < 4.78 is 7.05. The molecule has 1 aliphatic rings. The molecule has 0 saturated heterocycles. The Bertz CT molecular complexity index is 1800. The lowest BCUT2D eigenvalue weighted by atomic mass is 9.90. The van der Waals surface area contributed by atoms with Gasteiger partial charge in [0.2, 0.25) is 0 Å². The molecule has 0 bridgehead atoms. The maximum Gasteiger partial charge on any atom is 0.347 e. The monoisotopic (exact) mass is 565 g/mol. The van der Waals surface area contributed by atoms with Crippen molar-refractivity contribution in [1.29, 1.82) is 0 Å². The number of benzene rings is 3. The van der Waals surface area contributed by atoms with Crippen LogP contribution in [-0.4, -0.2) is 29.5 Å². The quantitative estimate of drug-likeness (QED) is 0.204. The molecule has 3 aromatic carbocycles. The van der Waals surface area contributed by atoms with Crippen molar-refractivity contribution in [3.8, 4) is 21.7 Å². The largest absolute Gasteiger partial charge is 0.422 e. The van der Waals surface area contributed by atoms with Crippen molar-refractivity contribution >= 4 is 44.1 Å². The first-order chi connectivity index (χ1) is 19.8. The molecule has 1 N–H and O–H groups in total. The number of fused-ring (bicyclic) bond motifs is 3. The van der Waals surface area contributed by atoms with Crippen molar-refractivity contribution in [2.24, 2.45) is 0 Å². The van der Waals surface area contributed by atoms with Crippen molar-refractivity contribution < 1.29 is 9.21 Å². The van der Waals surface area contributed by atoms with Gasteiger partial charge in [-0.2, -0.15) is 0 Å². The Balaban J connectivity index is 1.65. The SMILES string of the molecule is CCCC(C)(C)NC(=O)c1ccccc1-c1c(-c2nc3ccccc3s2)c(=O)oc2cc3c(cc12)CCCN3CC. The van der Waals surface area contributed by atoms with Crippen LogP contribution in [0.1, 0.15) is 62.9 Å². The number of hydrogen-bond donors (Lipinski definition) is 1. The van der Waals surface area contributed by atoms with Crippen LogP contribution in [0.4, 0.5) is 5.69 Å². The van der Waals surface area contributed by atoms with Crippen LogP contribution < -0.4 is 15.8 Å². The highest BCUT2D eigenvalue weighted by atomic mass is 32.1. The minimum absolute atomic E-state index is 0.161. The van der Waals surface area contributed by atoms with E-state index < -0.39 is 5.63 Å². The summed E-state index contributed by atoms with van der Waals surface area (Å²) in [6.07, 6.45) is 3.83. The van der Waals surface area contributed by atoms with Crippen molar-refractivity contribution in [3.05, 3.63) is 82.2 Å². The molecule has 1 amide bonds. The summed E-state index contributed by atoms with van der Waals surface area (Å²) >= 11 is 1.47. The van der Waals surface area contributed by atoms with Gasteiger partial charge in [0.05, 0.1) is 10.2 Å². The summed E-state index contributed by atoms with van der Waals surface area (Å²) in [5.41, 5.74) is 5.20. The Morgan fingerprint density at radius 2 is 1.85 bits per heavy atom. The summed E-state index contributed by atoms with van der Waals surface area (Å²) in [4.78, 5) is 34.9. The van der Waals surface area contributed by atoms with Crippen molar-refractivity contribution in [3.63, 3.8) is 0 Å². The molecule has 0 spiro atoms. The first-order valence-electron chi connectivity index (χ1n) is 14.5. The van der Waals surface area contributed by atoms with E-state index in [2.05, 4.69) is 30.1 Å². The van der Waals surface area contributed by atoms with E-state index in [0.717, 1.165) is 60.1 Å². The average molecular weight is 566 g/mol. The zero-order valence-corrected chi connectivity index (χ0v) is 24.9. The van der Waals surface area contributed by atoms with Gasteiger partial charge in [0.1, 0.15) is 16.2 Å². The second-order valence-electron chi connectivity index (χ2n) is 11.4. The van der Waals surface area contributed by atoms with Crippen molar-refractivity contribution in [1.82, 2.24) is 10.3 Å². The molecule has 41 heavy (non-hydrogen) atoms. The maximum absolute atomic E-state index is 13.9. The van der Waals surface area contributed by atoms with Gasteiger partial charge < -0.3 is 14.6 Å². The third-order valence-corrected chi connectivity index (χ3v) is 9.03. The highest BCUT2D eigenvalue weighted by Crippen LogP contribution is 2.42. The molecule has 210 valence electrons. The average Bonchev–Trinajstić information content (AvgIpc) is 3.38. The highest BCUT2D eigenvalue weighted by molar-refractivity contribution is 7.21. The summed E-state index contributed by atoms with van der Waals surface area (Å²) in [6.45, 7) is 10.2. The number of carbonyl (C=O) groups excluding carboxylic acids is 1. The lowest BCUT2D eigenvalue weighted by molar-refractivity contribution is 0.0909. The van der Waals surface area contributed by atoms with Gasteiger partial charge in [-0.05, 0) is 75.4 Å². The van der Waals surface area contributed by atoms with Gasteiger partial charge in [0.15, 0.2) is 0 Å². The lowest BCUT2D eigenvalue weighted by Crippen LogP contribution is -2.43. The van der Waals surface area contributed by atoms with Crippen LogP contribution in [0.2, 0.25) is 0 Å². The number of aryl methyl sites for hydroxylation is 1. The van der Waals surface area contributed by atoms with E-state index in [0.29, 0.717) is 32.8 Å². The van der Waals surface area contributed by atoms with E-state index in [1.165, 1.54) is 16.9 Å². The van der Waals surface area contributed by atoms with Crippen LogP contribution in [0, 0.1) is 0 Å². The molecule has 7 heteroatoms. The number of para-hydroxylation sites is 1. The molecule has 0 aliphatic carbocycles. The summed E-state index contributed by atoms with van der Waals surface area (Å²) in [5.74, 6) is -0.161. The number of hydrogen-bond acceptors (Lipinski definition) is 6. The third-order valence-electron chi connectivity index (χ3n) is 7.98. The van der Waals surface area contributed by atoms with Gasteiger partial charge in [0, 0.05) is 46.9 Å². The second kappa shape index (κ2) is 10.8. The van der Waals surface area contributed by atoms with Crippen LogP contribution in [0.15, 0.2) is 69.9 Å². The number of nitrogens with one attached hydrogen (secondary N) is 1. The van der Waals surface area contributed by atoms with Crippen LogP contribution in [0.3, 0.4) is 0 Å². The van der Waals surface area contributed by atoms with Gasteiger partial charge in [0.25, 0.3) is 5.91 Å². The Morgan fingerprint density at radius 3 is 2.63 bits per heavy atom. The normalized spacial score (nSPS) is 13.5. The maximum atomic E-state index is 13.9. The molecule has 3 heterocycles. The Kier molecular flexibility index (Phi) is 7.16. The van der Waals surface area contributed by atoms with Gasteiger partial charge in [-0.3, -0.25) is 4.79 Å². The first kappa shape index (κ1) is 27.2. The van der Waals surface area contributed by atoms with Gasteiger partial charge in [-0.25, -0.2) is 9.78 Å². The number of aromatic nitrogens is 1. The minimum Gasteiger partial charge on any atom is -0.422 e. The molecule has 0 fully saturated rings. The molecule has 1 aliphatic heterocycles. The molecule has 0 saturated carbocycles. The fourth-order valence-electron chi connectivity index (χ4n) is 6.10. The van der Waals surface area contributed by atoms with E-state index >= 15 is 0 Å². The van der Waals surface area contributed by atoms with Crippen molar-refractivity contribution in [2.75, 3.05) is 18.0 Å². The fourth-order valence-corrected chi connectivity index (χ4v) is 7.10. The predicted octanol–water partition coefficient (Wildman–Crippen LogP) is 7.82. The van der Waals surface area contributed by atoms with E-state index in [-0.39, 0.29) is 11.4 Å². The van der Waals surface area contributed by atoms with Gasteiger partial charge in [-0.15, -0.1) is 11.3 Å². The number of amides is 1. The Labute approximate surface area is 244 Å². The zero-order chi connectivity index (χ0) is 28.7. The standard InChI is InChI=1S/C34H35N3O3S/c1-5-17-34(3,4)36-31(38)23-14-8-7-13-22(23)29-24-19-21-12-11-18-37(6-2)26(21)20-27(24)40-33(39)30(29)32-35-25-15-9-10-16-28(25)41-32/h7-10,13-16,19-20H,5-6,11-12,17-18H2,1-4H3,(H,36,38). The minimum atomic E-state index is -0.452. The van der Waals surface area contributed by atoms with E-state index in [1.54, 1.807) is 0 Å². The molecule has 0 atom stereocenters. The van der Waals surface area contributed by atoms with Crippen LogP contribution in [0.5, 0.6) is 0 Å². The molecule has 6 nitrogen and oxygen atoms in total. The van der Waals surface area contributed by atoms with Gasteiger partial charge >= 0.3 is 5.63 Å². The Hall–Kier alpha value is -3.97. The molecular weight excluding hydrogens is 530 g/mol. The first-order valence-corrected chi connectivity index (χ1v) is 15.3. The summed E-state index contributed by atoms with van der Waals surface area (Å²) in [6, 6.07) is 19.6. The predicted molar refractivity (Wildman–Crippen MR) is 169 cm³/mol. The molecular formula is C34H35N3O3S. The Morgan fingerprint density at radius 1 is 1.07 bits per heavy atom. The molecule has 2 aromatic heterocycles. The van der Waals surface area contributed by atoms with Crippen LogP contribution >= 0.6 is 11.3 Å². The second-order valence-corrected chi connectivity index (χ2v) is 12.5. The lowest BCUT2D eigenvalue weighted by Gasteiger charge is -2.30. The van der Waals surface area contributed by atoms with Crippen molar-refractivity contribution in [2.45, 2.75) is 58.9 Å². The highest BCUT2D eigenvalue weighted by Gasteiger charge is 2.28. The smallest absolute Gasteiger partial charge is 0.347 e. The van der Waals surface area contributed by atoms with Crippen LogP contribution in [0.25, 0.3) is 42.9 Å². The molecule has 6 rings (SSSR count). The zero-order valence-electron chi connectivity index (χ0n) is 24.0. The van der Waals surface area contributed by atoms with E-state index in [9.17, 15) is 9.59 Å². The van der Waals surface area contributed by atoms with E-state index in [4.69, 9.17) is 9.40 Å². The third kappa shape index (κ3) is 5.04.